The van der Waals surface area contributed by atoms with Crippen LogP contribution in [-0.4, -0.2) is 37.3 Å². The van der Waals surface area contributed by atoms with E-state index in [0.29, 0.717) is 0 Å². The molecule has 0 saturated carbocycles. The summed E-state index contributed by atoms with van der Waals surface area (Å²) in [6, 6.07) is 8.17. The molecule has 4 atom stereocenters. The number of hydrogen-bond acceptors (Lipinski definition) is 4. The van der Waals surface area contributed by atoms with Crippen LogP contribution in [0, 0.1) is 0 Å². The molecule has 3 heterocycles. The molecular formula is C17H20O4. The maximum atomic E-state index is 6.01. The SMILES string of the molecule is COc1ccc(C2=C[C@@H]3O[C@H](C2)[C@H]2OC(C)(C)O[C@H]23)cc1. The highest BCUT2D eigenvalue weighted by Crippen LogP contribution is 2.45. The Morgan fingerprint density at radius 2 is 1.81 bits per heavy atom. The summed E-state index contributed by atoms with van der Waals surface area (Å²) in [7, 11) is 1.68. The van der Waals surface area contributed by atoms with Gasteiger partial charge in [0.2, 0.25) is 0 Å². The summed E-state index contributed by atoms with van der Waals surface area (Å²) in [5.74, 6) is 0.376. The largest absolute Gasteiger partial charge is 0.497 e. The average Bonchev–Trinajstić information content (AvgIpc) is 2.92. The fourth-order valence-corrected chi connectivity index (χ4v) is 3.52. The molecule has 4 heteroatoms. The normalized spacial score (nSPS) is 36.2. The molecule has 21 heavy (non-hydrogen) atoms. The third-order valence-electron chi connectivity index (χ3n) is 4.43. The first kappa shape index (κ1) is 13.3. The first-order chi connectivity index (χ1) is 10.1. The Balaban J connectivity index is 1.60. The Morgan fingerprint density at radius 3 is 2.52 bits per heavy atom. The van der Waals surface area contributed by atoms with Crippen LogP contribution >= 0.6 is 0 Å². The van der Waals surface area contributed by atoms with Crippen molar-refractivity contribution in [3.8, 4) is 5.75 Å². The highest BCUT2D eigenvalue weighted by Gasteiger charge is 2.56. The van der Waals surface area contributed by atoms with E-state index in [9.17, 15) is 0 Å². The lowest BCUT2D eigenvalue weighted by Gasteiger charge is -2.27. The lowest BCUT2D eigenvalue weighted by atomic mass is 9.98. The summed E-state index contributed by atoms with van der Waals surface area (Å²) in [5.41, 5.74) is 2.52. The Labute approximate surface area is 124 Å². The highest BCUT2D eigenvalue weighted by atomic mass is 16.8. The van der Waals surface area contributed by atoms with E-state index < -0.39 is 5.79 Å². The summed E-state index contributed by atoms with van der Waals surface area (Å²) in [5, 5.41) is 0. The number of hydrogen-bond donors (Lipinski definition) is 0. The van der Waals surface area contributed by atoms with Crippen molar-refractivity contribution in [3.63, 3.8) is 0 Å². The molecule has 1 aromatic rings. The summed E-state index contributed by atoms with van der Waals surface area (Å²) >= 11 is 0. The second-order valence-corrected chi connectivity index (χ2v) is 6.33. The molecule has 0 radical (unpaired) electrons. The van der Waals surface area contributed by atoms with Gasteiger partial charge in [-0.05, 0) is 43.2 Å². The molecule has 0 amide bonds. The molecule has 3 aliphatic rings. The lowest BCUT2D eigenvalue weighted by molar-refractivity contribution is -0.182. The maximum absolute atomic E-state index is 6.01. The van der Waals surface area contributed by atoms with Crippen LogP contribution in [0.2, 0.25) is 0 Å². The molecule has 0 aromatic heterocycles. The van der Waals surface area contributed by atoms with Crippen molar-refractivity contribution in [2.75, 3.05) is 7.11 Å². The second kappa shape index (κ2) is 4.57. The van der Waals surface area contributed by atoms with E-state index >= 15 is 0 Å². The standard InChI is InChI=1S/C17H20O4/c1-17(2)20-15-13-8-11(9-14(19-13)16(15)21-17)10-4-6-12(18-3)7-5-10/h4-8,13-16H,9H2,1-3H3/t13-,14+,15-,16+/m0/s1. The minimum atomic E-state index is -0.499. The van der Waals surface area contributed by atoms with Crippen molar-refractivity contribution in [2.24, 2.45) is 0 Å². The van der Waals surface area contributed by atoms with E-state index in [1.807, 2.05) is 26.0 Å². The van der Waals surface area contributed by atoms with Crippen LogP contribution in [0.1, 0.15) is 25.8 Å². The number of ether oxygens (including phenoxy) is 4. The summed E-state index contributed by atoms with van der Waals surface area (Å²) in [6.07, 6.45) is 3.19. The smallest absolute Gasteiger partial charge is 0.164 e. The van der Waals surface area contributed by atoms with Crippen LogP contribution in [0.4, 0.5) is 0 Å². The minimum absolute atomic E-state index is 0.00683. The molecule has 4 nitrogen and oxygen atoms in total. The van der Waals surface area contributed by atoms with Gasteiger partial charge in [0.15, 0.2) is 5.79 Å². The summed E-state index contributed by atoms with van der Waals surface area (Å²) in [4.78, 5) is 0. The summed E-state index contributed by atoms with van der Waals surface area (Å²) in [6.45, 7) is 3.93. The highest BCUT2D eigenvalue weighted by molar-refractivity contribution is 5.68. The van der Waals surface area contributed by atoms with Crippen molar-refractivity contribution in [2.45, 2.75) is 50.5 Å². The van der Waals surface area contributed by atoms with Crippen molar-refractivity contribution in [3.05, 3.63) is 35.9 Å². The van der Waals surface area contributed by atoms with Gasteiger partial charge in [-0.3, -0.25) is 0 Å². The number of benzene rings is 1. The van der Waals surface area contributed by atoms with Gasteiger partial charge in [-0.1, -0.05) is 12.1 Å². The predicted octanol–water partition coefficient (Wildman–Crippen LogP) is 2.77. The molecule has 0 unspecified atom stereocenters. The molecule has 2 saturated heterocycles. The molecule has 112 valence electrons. The fourth-order valence-electron chi connectivity index (χ4n) is 3.52. The van der Waals surface area contributed by atoms with Crippen molar-refractivity contribution in [1.82, 2.24) is 0 Å². The average molecular weight is 288 g/mol. The number of rotatable bonds is 2. The Morgan fingerprint density at radius 1 is 1.10 bits per heavy atom. The third-order valence-corrected chi connectivity index (χ3v) is 4.43. The topological polar surface area (TPSA) is 36.9 Å². The van der Waals surface area contributed by atoms with Crippen molar-refractivity contribution >= 4 is 5.57 Å². The van der Waals surface area contributed by atoms with Gasteiger partial charge >= 0.3 is 0 Å². The van der Waals surface area contributed by atoms with Gasteiger partial charge in [0, 0.05) is 6.42 Å². The molecule has 0 aliphatic carbocycles. The van der Waals surface area contributed by atoms with Gasteiger partial charge in [-0.2, -0.15) is 0 Å². The van der Waals surface area contributed by atoms with Gasteiger partial charge in [0.1, 0.15) is 24.1 Å². The van der Waals surface area contributed by atoms with E-state index in [-0.39, 0.29) is 24.4 Å². The monoisotopic (exact) mass is 288 g/mol. The molecule has 1 aromatic carbocycles. The van der Waals surface area contributed by atoms with E-state index in [1.165, 1.54) is 11.1 Å². The minimum Gasteiger partial charge on any atom is -0.497 e. The van der Waals surface area contributed by atoms with Gasteiger partial charge in [0.05, 0.1) is 13.2 Å². The molecule has 3 aliphatic heterocycles. The van der Waals surface area contributed by atoms with E-state index in [2.05, 4.69) is 18.2 Å². The zero-order valence-corrected chi connectivity index (χ0v) is 12.5. The third kappa shape index (κ3) is 2.18. The van der Waals surface area contributed by atoms with Crippen molar-refractivity contribution < 1.29 is 18.9 Å². The van der Waals surface area contributed by atoms with Gasteiger partial charge < -0.3 is 18.9 Å². The van der Waals surface area contributed by atoms with Crippen LogP contribution in [0.3, 0.4) is 0 Å². The molecule has 0 N–H and O–H groups in total. The van der Waals surface area contributed by atoms with E-state index in [1.54, 1.807) is 7.11 Å². The molecular weight excluding hydrogens is 268 g/mol. The molecule has 2 fully saturated rings. The maximum Gasteiger partial charge on any atom is 0.164 e. The molecule has 0 spiro atoms. The Kier molecular flexibility index (Phi) is 2.89. The number of methoxy groups -OCH3 is 1. The van der Waals surface area contributed by atoms with Crippen LogP contribution in [0.25, 0.3) is 5.57 Å². The van der Waals surface area contributed by atoms with Crippen LogP contribution in [0.15, 0.2) is 30.3 Å². The fraction of sp³-hybridized carbons (Fsp3) is 0.529. The van der Waals surface area contributed by atoms with E-state index in [4.69, 9.17) is 18.9 Å². The number of fused-ring (bicyclic) bond motifs is 5. The summed E-state index contributed by atoms with van der Waals surface area (Å²) < 4.78 is 23.2. The first-order valence-corrected chi connectivity index (χ1v) is 7.42. The second-order valence-electron chi connectivity index (χ2n) is 6.33. The van der Waals surface area contributed by atoms with Crippen LogP contribution in [-0.2, 0) is 14.2 Å². The van der Waals surface area contributed by atoms with Crippen LogP contribution < -0.4 is 4.74 Å². The molecule has 2 bridgehead atoms. The Hall–Kier alpha value is -1.36. The zero-order valence-electron chi connectivity index (χ0n) is 12.5. The lowest BCUT2D eigenvalue weighted by Crippen LogP contribution is -2.30. The first-order valence-electron chi connectivity index (χ1n) is 7.42. The van der Waals surface area contributed by atoms with Gasteiger partial charge in [-0.25, -0.2) is 0 Å². The quantitative estimate of drug-likeness (QED) is 0.838. The zero-order chi connectivity index (χ0) is 14.6. The predicted molar refractivity (Wildman–Crippen MR) is 78.1 cm³/mol. The van der Waals surface area contributed by atoms with Gasteiger partial charge in [-0.15, -0.1) is 0 Å². The van der Waals surface area contributed by atoms with Gasteiger partial charge in [0.25, 0.3) is 0 Å². The molecule has 4 rings (SSSR count). The Bertz CT molecular complexity index is 575. The van der Waals surface area contributed by atoms with E-state index in [0.717, 1.165) is 12.2 Å². The van der Waals surface area contributed by atoms with Crippen LogP contribution in [0.5, 0.6) is 5.75 Å². The van der Waals surface area contributed by atoms with Crippen molar-refractivity contribution in [1.29, 1.82) is 0 Å².